The Labute approximate surface area is 150 Å². The van der Waals surface area contributed by atoms with Gasteiger partial charge < -0.3 is 9.64 Å². The third kappa shape index (κ3) is 4.56. The van der Waals surface area contributed by atoms with Crippen molar-refractivity contribution in [3.63, 3.8) is 0 Å². The number of hydrogen-bond acceptors (Lipinski definition) is 4. The van der Waals surface area contributed by atoms with Gasteiger partial charge in [-0.2, -0.15) is 13.9 Å². The quantitative estimate of drug-likeness (QED) is 0.637. The Kier molecular flexibility index (Phi) is 5.78. The average Bonchev–Trinajstić information content (AvgIpc) is 2.63. The fourth-order valence-electron chi connectivity index (χ4n) is 2.95. The number of hydrazone groups is 1. The number of ether oxygens (including phenoxy) is 1. The van der Waals surface area contributed by atoms with Crippen LogP contribution in [0.5, 0.6) is 5.75 Å². The molecule has 0 atom stereocenters. The summed E-state index contributed by atoms with van der Waals surface area (Å²) in [6.45, 7) is -1.93. The lowest BCUT2D eigenvalue weighted by Gasteiger charge is -2.30. The Balaban J connectivity index is 1.59. The molecule has 0 aromatic heterocycles. The third-order valence-electron chi connectivity index (χ3n) is 4.07. The minimum Gasteiger partial charge on any atom is -0.434 e. The van der Waals surface area contributed by atoms with Gasteiger partial charge in [-0.3, -0.25) is 4.79 Å². The van der Waals surface area contributed by atoms with E-state index in [0.29, 0.717) is 5.56 Å². The molecule has 7 heteroatoms. The van der Waals surface area contributed by atoms with Crippen molar-refractivity contribution in [2.24, 2.45) is 5.10 Å². The molecular formula is C19H19F2N3O2. The molecular weight excluding hydrogens is 340 g/mol. The van der Waals surface area contributed by atoms with Gasteiger partial charge in [0.25, 0.3) is 5.91 Å². The molecule has 1 heterocycles. The lowest BCUT2D eigenvalue weighted by molar-refractivity contribution is -0.119. The third-order valence-corrected chi connectivity index (χ3v) is 4.07. The van der Waals surface area contributed by atoms with Crippen LogP contribution in [0.1, 0.15) is 17.5 Å². The Bertz CT molecular complexity index is 796. The van der Waals surface area contributed by atoms with Gasteiger partial charge in [0, 0.05) is 17.8 Å². The van der Waals surface area contributed by atoms with Gasteiger partial charge in [0.1, 0.15) is 5.75 Å². The van der Waals surface area contributed by atoms with Crippen molar-refractivity contribution >= 4 is 17.8 Å². The number of hydrogen-bond donors (Lipinski definition) is 1. The van der Waals surface area contributed by atoms with Crippen LogP contribution in [-0.4, -0.2) is 31.8 Å². The van der Waals surface area contributed by atoms with E-state index in [2.05, 4.69) is 21.3 Å². The van der Waals surface area contributed by atoms with Gasteiger partial charge in [-0.05, 0) is 36.6 Å². The summed E-state index contributed by atoms with van der Waals surface area (Å²) in [5.41, 5.74) is 5.09. The molecule has 26 heavy (non-hydrogen) atoms. The van der Waals surface area contributed by atoms with E-state index in [9.17, 15) is 13.6 Å². The molecule has 3 rings (SSSR count). The summed E-state index contributed by atoms with van der Waals surface area (Å²) in [4.78, 5) is 14.2. The number of halogens is 2. The minimum absolute atomic E-state index is 0.00505. The van der Waals surface area contributed by atoms with Crippen molar-refractivity contribution in [2.45, 2.75) is 19.5 Å². The summed E-state index contributed by atoms with van der Waals surface area (Å²) < 4.78 is 29.2. The number of carbonyl (C=O) groups is 1. The zero-order valence-corrected chi connectivity index (χ0v) is 14.1. The van der Waals surface area contributed by atoms with Gasteiger partial charge in [-0.15, -0.1) is 0 Å². The SMILES string of the molecule is O=C(CN1CCCc2ccccc21)N/N=C\c1ccccc1OC(F)F. The van der Waals surface area contributed by atoms with E-state index in [4.69, 9.17) is 0 Å². The molecule has 5 nitrogen and oxygen atoms in total. The van der Waals surface area contributed by atoms with E-state index in [1.165, 1.54) is 17.8 Å². The predicted octanol–water partition coefficient (Wildman–Crippen LogP) is 3.19. The van der Waals surface area contributed by atoms with Crippen LogP contribution in [0.2, 0.25) is 0 Å². The van der Waals surface area contributed by atoms with Gasteiger partial charge in [-0.25, -0.2) is 5.43 Å². The maximum Gasteiger partial charge on any atom is 0.387 e. The molecule has 2 aromatic rings. The summed E-state index contributed by atoms with van der Waals surface area (Å²) in [6, 6.07) is 14.3. The predicted molar refractivity (Wildman–Crippen MR) is 95.8 cm³/mol. The summed E-state index contributed by atoms with van der Waals surface area (Å²) in [6.07, 6.45) is 3.29. The second kappa shape index (κ2) is 8.42. The first-order chi connectivity index (χ1) is 12.6. The van der Waals surface area contributed by atoms with Gasteiger partial charge in [0.2, 0.25) is 0 Å². The maximum atomic E-state index is 12.4. The second-order valence-electron chi connectivity index (χ2n) is 5.86. The lowest BCUT2D eigenvalue weighted by Crippen LogP contribution is -2.38. The second-order valence-corrected chi connectivity index (χ2v) is 5.86. The van der Waals surface area contributed by atoms with Crippen molar-refractivity contribution in [1.82, 2.24) is 5.43 Å². The molecule has 0 saturated heterocycles. The molecule has 136 valence electrons. The highest BCUT2D eigenvalue weighted by molar-refractivity contribution is 5.86. The van der Waals surface area contributed by atoms with E-state index in [1.54, 1.807) is 18.2 Å². The zero-order valence-electron chi connectivity index (χ0n) is 14.1. The van der Waals surface area contributed by atoms with Crippen LogP contribution in [0.3, 0.4) is 0 Å². The molecule has 1 aliphatic heterocycles. The summed E-state index contributed by atoms with van der Waals surface area (Å²) in [5.74, 6) is -0.268. The van der Waals surface area contributed by atoms with Crippen molar-refractivity contribution in [3.05, 3.63) is 59.7 Å². The van der Waals surface area contributed by atoms with E-state index >= 15 is 0 Å². The van der Waals surface area contributed by atoms with E-state index in [-0.39, 0.29) is 18.2 Å². The first-order valence-corrected chi connectivity index (χ1v) is 8.32. The first-order valence-electron chi connectivity index (χ1n) is 8.32. The lowest BCUT2D eigenvalue weighted by atomic mass is 10.0. The highest BCUT2D eigenvalue weighted by Gasteiger charge is 2.18. The number of nitrogens with one attached hydrogen (secondary N) is 1. The number of para-hydroxylation sites is 2. The number of amides is 1. The fourth-order valence-corrected chi connectivity index (χ4v) is 2.95. The fraction of sp³-hybridized carbons (Fsp3) is 0.263. The van der Waals surface area contributed by atoms with Crippen LogP contribution in [0.15, 0.2) is 53.6 Å². The number of rotatable bonds is 6. The molecule has 0 radical (unpaired) electrons. The van der Waals surface area contributed by atoms with Crippen LogP contribution in [0, 0.1) is 0 Å². The van der Waals surface area contributed by atoms with E-state index < -0.39 is 6.61 Å². The number of carbonyl (C=O) groups excluding carboxylic acids is 1. The van der Waals surface area contributed by atoms with Crippen molar-refractivity contribution < 1.29 is 18.3 Å². The van der Waals surface area contributed by atoms with Gasteiger partial charge >= 0.3 is 6.61 Å². The molecule has 0 saturated carbocycles. The molecule has 1 amide bonds. The molecule has 2 aromatic carbocycles. The Hall–Kier alpha value is -2.96. The molecule has 1 N–H and O–H groups in total. The monoisotopic (exact) mass is 359 g/mol. The molecule has 1 aliphatic rings. The zero-order chi connectivity index (χ0) is 18.4. The summed E-state index contributed by atoms with van der Waals surface area (Å²) >= 11 is 0. The van der Waals surface area contributed by atoms with Crippen LogP contribution >= 0.6 is 0 Å². The van der Waals surface area contributed by atoms with Crippen molar-refractivity contribution in [2.75, 3.05) is 18.0 Å². The number of anilines is 1. The van der Waals surface area contributed by atoms with Crippen LogP contribution in [0.25, 0.3) is 0 Å². The number of benzene rings is 2. The smallest absolute Gasteiger partial charge is 0.387 e. The summed E-state index contributed by atoms with van der Waals surface area (Å²) in [7, 11) is 0. The highest BCUT2D eigenvalue weighted by atomic mass is 19.3. The maximum absolute atomic E-state index is 12.4. The number of alkyl halides is 2. The Morgan fingerprint density at radius 2 is 2.00 bits per heavy atom. The standard InChI is InChI=1S/C19H19F2N3O2/c20-19(21)26-17-10-4-2-7-15(17)12-22-23-18(25)13-24-11-5-8-14-6-1-3-9-16(14)24/h1-4,6-7,9-10,12,19H,5,8,11,13H2,(H,23,25)/b22-12-. The number of aryl methyl sites for hydroxylation is 1. The van der Waals surface area contributed by atoms with Crippen molar-refractivity contribution in [1.29, 1.82) is 0 Å². The topological polar surface area (TPSA) is 53.9 Å². The molecule has 0 bridgehead atoms. The number of fused-ring (bicyclic) bond motifs is 1. The van der Waals surface area contributed by atoms with Crippen LogP contribution in [0.4, 0.5) is 14.5 Å². The van der Waals surface area contributed by atoms with Crippen LogP contribution in [-0.2, 0) is 11.2 Å². The highest BCUT2D eigenvalue weighted by Crippen LogP contribution is 2.26. The number of nitrogens with zero attached hydrogens (tertiary/aromatic N) is 2. The Morgan fingerprint density at radius 1 is 1.23 bits per heavy atom. The van der Waals surface area contributed by atoms with E-state index in [0.717, 1.165) is 25.1 Å². The van der Waals surface area contributed by atoms with E-state index in [1.807, 2.05) is 23.1 Å². The molecule has 0 spiro atoms. The van der Waals surface area contributed by atoms with Gasteiger partial charge in [0.05, 0.1) is 12.8 Å². The van der Waals surface area contributed by atoms with Crippen LogP contribution < -0.4 is 15.1 Å². The molecule has 0 unspecified atom stereocenters. The minimum atomic E-state index is -2.92. The van der Waals surface area contributed by atoms with Gasteiger partial charge in [0.15, 0.2) is 0 Å². The molecule has 0 fully saturated rings. The Morgan fingerprint density at radius 3 is 2.85 bits per heavy atom. The first kappa shape index (κ1) is 17.8. The average molecular weight is 359 g/mol. The summed E-state index contributed by atoms with van der Waals surface area (Å²) in [5, 5.41) is 3.85. The van der Waals surface area contributed by atoms with Gasteiger partial charge in [-0.1, -0.05) is 30.3 Å². The van der Waals surface area contributed by atoms with Crippen molar-refractivity contribution in [3.8, 4) is 5.75 Å². The normalized spacial score (nSPS) is 13.7. The molecule has 0 aliphatic carbocycles. The largest absolute Gasteiger partial charge is 0.434 e.